The SMILES string of the molecule is CCCNC(=O)CCNC(=NCCOCCC(C)C)NCC. The fraction of sp³-hybridized carbons (Fsp3) is 0.875. The highest BCUT2D eigenvalue weighted by Crippen LogP contribution is 1.98. The lowest BCUT2D eigenvalue weighted by atomic mass is 10.1. The predicted molar refractivity (Wildman–Crippen MR) is 92.2 cm³/mol. The summed E-state index contributed by atoms with van der Waals surface area (Å²) >= 11 is 0. The number of carbonyl (C=O) groups excluding carboxylic acids is 1. The van der Waals surface area contributed by atoms with Gasteiger partial charge in [-0.25, -0.2) is 0 Å². The molecule has 0 aliphatic heterocycles. The molecule has 0 atom stereocenters. The van der Waals surface area contributed by atoms with Crippen LogP contribution in [0.3, 0.4) is 0 Å². The molecule has 0 aliphatic carbocycles. The maximum atomic E-state index is 11.5. The number of ether oxygens (including phenoxy) is 1. The highest BCUT2D eigenvalue weighted by Gasteiger charge is 2.01. The second-order valence-electron chi connectivity index (χ2n) is 5.58. The van der Waals surface area contributed by atoms with Gasteiger partial charge in [0.2, 0.25) is 5.91 Å². The summed E-state index contributed by atoms with van der Waals surface area (Å²) < 4.78 is 5.53. The lowest BCUT2D eigenvalue weighted by Crippen LogP contribution is -2.39. The Hall–Kier alpha value is -1.30. The number of rotatable bonds is 12. The highest BCUT2D eigenvalue weighted by molar-refractivity contribution is 5.81. The molecule has 0 radical (unpaired) electrons. The first-order valence-corrected chi connectivity index (χ1v) is 8.46. The summed E-state index contributed by atoms with van der Waals surface area (Å²) in [6.45, 7) is 12.6. The van der Waals surface area contributed by atoms with Gasteiger partial charge in [-0.2, -0.15) is 0 Å². The molecule has 0 saturated carbocycles. The summed E-state index contributed by atoms with van der Waals surface area (Å²) in [7, 11) is 0. The van der Waals surface area contributed by atoms with Crippen LogP contribution in [-0.2, 0) is 9.53 Å². The lowest BCUT2D eigenvalue weighted by molar-refractivity contribution is -0.120. The molecule has 0 aliphatic rings. The van der Waals surface area contributed by atoms with Crippen molar-refractivity contribution in [2.45, 2.75) is 47.0 Å². The van der Waals surface area contributed by atoms with Crippen molar-refractivity contribution in [3.63, 3.8) is 0 Å². The maximum absolute atomic E-state index is 11.5. The van der Waals surface area contributed by atoms with Gasteiger partial charge >= 0.3 is 0 Å². The van der Waals surface area contributed by atoms with Crippen LogP contribution in [0.4, 0.5) is 0 Å². The zero-order valence-corrected chi connectivity index (χ0v) is 14.7. The van der Waals surface area contributed by atoms with Crippen molar-refractivity contribution in [3.8, 4) is 0 Å². The monoisotopic (exact) mass is 314 g/mol. The van der Waals surface area contributed by atoms with E-state index in [1.807, 2.05) is 13.8 Å². The van der Waals surface area contributed by atoms with E-state index in [1.54, 1.807) is 0 Å². The van der Waals surface area contributed by atoms with Gasteiger partial charge in [0.1, 0.15) is 0 Å². The van der Waals surface area contributed by atoms with Crippen molar-refractivity contribution in [3.05, 3.63) is 0 Å². The molecular formula is C16H34N4O2. The van der Waals surface area contributed by atoms with Crippen molar-refractivity contribution in [2.24, 2.45) is 10.9 Å². The normalized spacial score (nSPS) is 11.6. The fourth-order valence-corrected chi connectivity index (χ4v) is 1.63. The van der Waals surface area contributed by atoms with E-state index in [4.69, 9.17) is 4.74 Å². The zero-order valence-electron chi connectivity index (χ0n) is 14.7. The van der Waals surface area contributed by atoms with Crippen LogP contribution < -0.4 is 16.0 Å². The Balaban J connectivity index is 3.83. The van der Waals surface area contributed by atoms with Crippen LogP contribution in [0.25, 0.3) is 0 Å². The van der Waals surface area contributed by atoms with Crippen molar-refractivity contribution in [2.75, 3.05) is 39.4 Å². The molecule has 0 aromatic rings. The number of carbonyl (C=O) groups is 1. The minimum absolute atomic E-state index is 0.0715. The molecule has 3 N–H and O–H groups in total. The van der Waals surface area contributed by atoms with Gasteiger partial charge in [0.25, 0.3) is 0 Å². The first-order chi connectivity index (χ1) is 10.6. The third-order valence-corrected chi connectivity index (χ3v) is 2.91. The fourth-order valence-electron chi connectivity index (χ4n) is 1.63. The van der Waals surface area contributed by atoms with Gasteiger partial charge in [0, 0.05) is 32.7 Å². The van der Waals surface area contributed by atoms with Crippen molar-refractivity contribution in [1.29, 1.82) is 0 Å². The van der Waals surface area contributed by atoms with E-state index in [2.05, 4.69) is 34.8 Å². The Kier molecular flexibility index (Phi) is 13.8. The van der Waals surface area contributed by atoms with Crippen LogP contribution in [0.5, 0.6) is 0 Å². The van der Waals surface area contributed by atoms with Crippen LogP contribution in [0.2, 0.25) is 0 Å². The molecule has 0 aromatic carbocycles. The second kappa shape index (κ2) is 14.6. The molecule has 0 bridgehead atoms. The van der Waals surface area contributed by atoms with Crippen LogP contribution in [0, 0.1) is 5.92 Å². The first-order valence-electron chi connectivity index (χ1n) is 8.46. The number of hydrogen-bond donors (Lipinski definition) is 3. The van der Waals surface area contributed by atoms with Gasteiger partial charge in [-0.05, 0) is 25.7 Å². The molecule has 0 spiro atoms. The summed E-state index contributed by atoms with van der Waals surface area (Å²) in [4.78, 5) is 15.9. The van der Waals surface area contributed by atoms with Crippen LogP contribution >= 0.6 is 0 Å². The lowest BCUT2D eigenvalue weighted by Gasteiger charge is -2.11. The zero-order chi connectivity index (χ0) is 16.6. The summed E-state index contributed by atoms with van der Waals surface area (Å²) in [6.07, 6.45) is 2.49. The molecule has 0 heterocycles. The Morgan fingerprint density at radius 1 is 1.09 bits per heavy atom. The van der Waals surface area contributed by atoms with E-state index < -0.39 is 0 Å². The molecule has 130 valence electrons. The van der Waals surface area contributed by atoms with Crippen LogP contribution in [0.15, 0.2) is 4.99 Å². The molecule has 6 nitrogen and oxygen atoms in total. The molecule has 0 rings (SSSR count). The Morgan fingerprint density at radius 2 is 1.86 bits per heavy atom. The average molecular weight is 314 g/mol. The predicted octanol–water partition coefficient (Wildman–Crippen LogP) is 1.52. The Bertz CT molecular complexity index is 307. The molecule has 0 saturated heterocycles. The van der Waals surface area contributed by atoms with E-state index in [0.29, 0.717) is 32.0 Å². The first kappa shape index (κ1) is 20.7. The van der Waals surface area contributed by atoms with Crippen LogP contribution in [0.1, 0.15) is 47.0 Å². The standard InChI is InChI=1S/C16H34N4O2/c1-5-9-18-15(21)7-10-19-16(17-6-2)20-11-13-22-12-8-14(3)4/h14H,5-13H2,1-4H3,(H,18,21)(H2,17,19,20). The third-order valence-electron chi connectivity index (χ3n) is 2.91. The molecule has 22 heavy (non-hydrogen) atoms. The van der Waals surface area contributed by atoms with Gasteiger partial charge in [0.15, 0.2) is 5.96 Å². The van der Waals surface area contributed by atoms with E-state index in [-0.39, 0.29) is 5.91 Å². The van der Waals surface area contributed by atoms with E-state index in [1.165, 1.54) is 0 Å². The topological polar surface area (TPSA) is 74.8 Å². The Labute approximate surface area is 135 Å². The number of guanidine groups is 1. The van der Waals surface area contributed by atoms with Gasteiger partial charge in [-0.15, -0.1) is 0 Å². The van der Waals surface area contributed by atoms with Gasteiger partial charge in [-0.1, -0.05) is 20.8 Å². The Morgan fingerprint density at radius 3 is 2.50 bits per heavy atom. The molecule has 0 unspecified atom stereocenters. The number of aliphatic imine (C=N–C) groups is 1. The van der Waals surface area contributed by atoms with Gasteiger partial charge in [-0.3, -0.25) is 9.79 Å². The van der Waals surface area contributed by atoms with Gasteiger partial charge < -0.3 is 20.7 Å². The minimum Gasteiger partial charge on any atom is -0.380 e. The quantitative estimate of drug-likeness (QED) is 0.290. The highest BCUT2D eigenvalue weighted by atomic mass is 16.5. The summed E-state index contributed by atoms with van der Waals surface area (Å²) in [5.74, 6) is 1.47. The molecule has 1 amide bonds. The molecular weight excluding hydrogens is 280 g/mol. The second-order valence-corrected chi connectivity index (χ2v) is 5.58. The third kappa shape index (κ3) is 13.7. The smallest absolute Gasteiger partial charge is 0.221 e. The summed E-state index contributed by atoms with van der Waals surface area (Å²) in [6, 6.07) is 0. The molecule has 6 heteroatoms. The van der Waals surface area contributed by atoms with E-state index in [9.17, 15) is 4.79 Å². The van der Waals surface area contributed by atoms with Crippen LogP contribution in [-0.4, -0.2) is 51.3 Å². The average Bonchev–Trinajstić information content (AvgIpc) is 2.48. The maximum Gasteiger partial charge on any atom is 0.221 e. The largest absolute Gasteiger partial charge is 0.380 e. The van der Waals surface area contributed by atoms with Crippen molar-refractivity contribution >= 4 is 11.9 Å². The van der Waals surface area contributed by atoms with E-state index in [0.717, 1.165) is 38.5 Å². The van der Waals surface area contributed by atoms with E-state index >= 15 is 0 Å². The molecule has 0 fully saturated rings. The summed E-state index contributed by atoms with van der Waals surface area (Å²) in [5.41, 5.74) is 0. The van der Waals surface area contributed by atoms with Crippen molar-refractivity contribution < 1.29 is 9.53 Å². The number of amides is 1. The number of nitrogens with one attached hydrogen (secondary N) is 3. The summed E-state index contributed by atoms with van der Waals surface area (Å²) in [5, 5.41) is 9.17. The number of hydrogen-bond acceptors (Lipinski definition) is 3. The van der Waals surface area contributed by atoms with Crippen molar-refractivity contribution in [1.82, 2.24) is 16.0 Å². The minimum atomic E-state index is 0.0715. The number of nitrogens with zero attached hydrogens (tertiary/aromatic N) is 1. The molecule has 0 aromatic heterocycles. The van der Waals surface area contributed by atoms with Gasteiger partial charge in [0.05, 0.1) is 13.2 Å².